The van der Waals surface area contributed by atoms with Gasteiger partial charge in [-0.2, -0.15) is 0 Å². The average molecular weight is 290 g/mol. The van der Waals surface area contributed by atoms with Gasteiger partial charge in [-0.1, -0.05) is 6.42 Å². The number of carbonyl (C=O) groups excluding carboxylic acids is 1. The first-order valence-corrected chi connectivity index (χ1v) is 7.13. The van der Waals surface area contributed by atoms with Gasteiger partial charge in [0.2, 0.25) is 0 Å². The van der Waals surface area contributed by atoms with Gasteiger partial charge in [0.15, 0.2) is 0 Å². The van der Waals surface area contributed by atoms with Crippen molar-refractivity contribution >= 4 is 18.4 Å². The molecule has 0 bridgehead atoms. The minimum absolute atomic E-state index is 0. The van der Waals surface area contributed by atoms with Crippen molar-refractivity contribution in [1.29, 1.82) is 0 Å². The Kier molecular flexibility index (Phi) is 4.92. The minimum Gasteiger partial charge on any atom is -0.378 e. The fraction of sp³-hybridized carbons (Fsp3) is 0.923. The van der Waals surface area contributed by atoms with Crippen molar-refractivity contribution in [1.82, 2.24) is 9.80 Å². The third-order valence-corrected chi connectivity index (χ3v) is 4.71. The molecule has 3 atom stereocenters. The van der Waals surface area contributed by atoms with E-state index in [1.54, 1.807) is 0 Å². The molecule has 0 spiro atoms. The fourth-order valence-electron chi connectivity index (χ4n) is 3.63. The molecule has 1 aliphatic carbocycles. The second kappa shape index (κ2) is 6.29. The molecule has 3 fully saturated rings. The Hall–Kier alpha value is -0.520. The van der Waals surface area contributed by atoms with Gasteiger partial charge in [0.1, 0.15) is 0 Å². The highest BCUT2D eigenvalue weighted by Gasteiger charge is 2.41. The molecule has 19 heavy (non-hydrogen) atoms. The number of halogens is 1. The Balaban J connectivity index is 0.00000133. The van der Waals surface area contributed by atoms with Crippen LogP contribution >= 0.6 is 12.4 Å². The summed E-state index contributed by atoms with van der Waals surface area (Å²) in [5.74, 6) is 1.17. The molecule has 2 saturated heterocycles. The highest BCUT2D eigenvalue weighted by molar-refractivity contribution is 5.85. The van der Waals surface area contributed by atoms with Gasteiger partial charge in [0.05, 0.1) is 13.2 Å². The number of morpholine rings is 1. The minimum atomic E-state index is 0. The van der Waals surface area contributed by atoms with E-state index in [1.807, 2.05) is 9.80 Å². The van der Waals surface area contributed by atoms with E-state index in [4.69, 9.17) is 10.5 Å². The lowest BCUT2D eigenvalue weighted by Crippen LogP contribution is -2.47. The molecule has 0 aromatic rings. The largest absolute Gasteiger partial charge is 0.378 e. The standard InChI is InChI=1S/C13H23N3O2.ClH/c14-12-3-1-2-10-8-16(9-11(10)12)13(17)15-4-6-18-7-5-15;/h10-12H,1-9,14H2;1H. The highest BCUT2D eigenvalue weighted by Crippen LogP contribution is 2.35. The van der Waals surface area contributed by atoms with Crippen LogP contribution in [0, 0.1) is 11.8 Å². The van der Waals surface area contributed by atoms with Gasteiger partial charge in [0, 0.05) is 32.2 Å². The summed E-state index contributed by atoms with van der Waals surface area (Å²) in [5, 5.41) is 0. The summed E-state index contributed by atoms with van der Waals surface area (Å²) in [6.45, 7) is 4.59. The van der Waals surface area contributed by atoms with Crippen LogP contribution in [-0.4, -0.2) is 61.3 Å². The number of hydrogen-bond acceptors (Lipinski definition) is 3. The van der Waals surface area contributed by atoms with E-state index in [9.17, 15) is 4.79 Å². The number of fused-ring (bicyclic) bond motifs is 1. The van der Waals surface area contributed by atoms with Crippen molar-refractivity contribution in [2.24, 2.45) is 17.6 Å². The Morgan fingerprint density at radius 1 is 1.11 bits per heavy atom. The van der Waals surface area contributed by atoms with E-state index in [0.717, 1.165) is 32.6 Å². The van der Waals surface area contributed by atoms with Gasteiger partial charge in [-0.05, 0) is 24.7 Å². The topological polar surface area (TPSA) is 58.8 Å². The summed E-state index contributed by atoms with van der Waals surface area (Å²) < 4.78 is 5.29. The van der Waals surface area contributed by atoms with Gasteiger partial charge in [-0.3, -0.25) is 0 Å². The van der Waals surface area contributed by atoms with Gasteiger partial charge in [-0.25, -0.2) is 4.79 Å². The van der Waals surface area contributed by atoms with Crippen LogP contribution in [0.4, 0.5) is 4.79 Å². The summed E-state index contributed by atoms with van der Waals surface area (Å²) in [6.07, 6.45) is 3.59. The third-order valence-electron chi connectivity index (χ3n) is 4.71. The molecule has 3 rings (SSSR count). The molecule has 1 saturated carbocycles. The third kappa shape index (κ3) is 2.98. The number of amides is 2. The molecule has 3 aliphatic rings. The maximum atomic E-state index is 12.4. The molecular formula is C13H24ClN3O2. The fourth-order valence-corrected chi connectivity index (χ4v) is 3.63. The predicted molar refractivity (Wildman–Crippen MR) is 75.4 cm³/mol. The van der Waals surface area contributed by atoms with Crippen molar-refractivity contribution < 1.29 is 9.53 Å². The molecule has 2 aliphatic heterocycles. The molecule has 2 amide bonds. The van der Waals surface area contributed by atoms with Crippen molar-refractivity contribution in [3.05, 3.63) is 0 Å². The SMILES string of the molecule is Cl.NC1CCCC2CN(C(=O)N3CCOCC3)CC12. The number of rotatable bonds is 0. The molecule has 3 unspecified atom stereocenters. The zero-order valence-corrected chi connectivity index (χ0v) is 12.1. The molecule has 110 valence electrons. The van der Waals surface area contributed by atoms with Crippen molar-refractivity contribution in [3.63, 3.8) is 0 Å². The number of carbonyl (C=O) groups is 1. The van der Waals surface area contributed by atoms with Crippen molar-refractivity contribution in [2.75, 3.05) is 39.4 Å². The van der Waals surface area contributed by atoms with Crippen LogP contribution in [0.2, 0.25) is 0 Å². The maximum absolute atomic E-state index is 12.4. The first-order chi connectivity index (χ1) is 8.75. The van der Waals surface area contributed by atoms with Gasteiger partial charge < -0.3 is 20.3 Å². The Morgan fingerprint density at radius 2 is 1.84 bits per heavy atom. The Morgan fingerprint density at radius 3 is 2.53 bits per heavy atom. The van der Waals surface area contributed by atoms with Crippen molar-refractivity contribution in [2.45, 2.75) is 25.3 Å². The highest BCUT2D eigenvalue weighted by atomic mass is 35.5. The van der Waals surface area contributed by atoms with Crippen LogP contribution in [0.5, 0.6) is 0 Å². The van der Waals surface area contributed by atoms with E-state index in [1.165, 1.54) is 12.8 Å². The molecule has 0 aromatic heterocycles. The van der Waals surface area contributed by atoms with Crippen LogP contribution in [0.3, 0.4) is 0 Å². The predicted octanol–water partition coefficient (Wildman–Crippen LogP) is 0.920. The molecule has 2 heterocycles. The number of likely N-dealkylation sites (tertiary alicyclic amines) is 1. The number of hydrogen-bond donors (Lipinski definition) is 1. The average Bonchev–Trinajstić information content (AvgIpc) is 2.84. The normalized spacial score (nSPS) is 34.7. The lowest BCUT2D eigenvalue weighted by atomic mass is 9.78. The van der Waals surface area contributed by atoms with Gasteiger partial charge in [-0.15, -0.1) is 12.4 Å². The van der Waals surface area contributed by atoms with Gasteiger partial charge in [0.25, 0.3) is 0 Å². The van der Waals surface area contributed by atoms with Gasteiger partial charge >= 0.3 is 6.03 Å². The summed E-state index contributed by atoms with van der Waals surface area (Å²) in [7, 11) is 0. The lowest BCUT2D eigenvalue weighted by Gasteiger charge is -2.31. The quantitative estimate of drug-likeness (QED) is 0.721. The molecule has 6 heteroatoms. The Labute approximate surface area is 120 Å². The summed E-state index contributed by atoms with van der Waals surface area (Å²) in [6, 6.07) is 0.492. The summed E-state index contributed by atoms with van der Waals surface area (Å²) in [5.41, 5.74) is 6.19. The summed E-state index contributed by atoms with van der Waals surface area (Å²) in [4.78, 5) is 16.3. The van der Waals surface area contributed by atoms with E-state index in [2.05, 4.69) is 0 Å². The first kappa shape index (κ1) is 14.9. The molecule has 5 nitrogen and oxygen atoms in total. The molecule has 0 radical (unpaired) electrons. The smallest absolute Gasteiger partial charge is 0.320 e. The number of nitrogens with zero attached hydrogens (tertiary/aromatic N) is 2. The molecular weight excluding hydrogens is 266 g/mol. The number of nitrogens with two attached hydrogens (primary N) is 1. The second-order valence-electron chi connectivity index (χ2n) is 5.81. The summed E-state index contributed by atoms with van der Waals surface area (Å²) >= 11 is 0. The zero-order valence-electron chi connectivity index (χ0n) is 11.3. The maximum Gasteiger partial charge on any atom is 0.320 e. The number of urea groups is 1. The van der Waals surface area contributed by atoms with Crippen LogP contribution < -0.4 is 5.73 Å². The van der Waals surface area contributed by atoms with E-state index in [-0.39, 0.29) is 18.4 Å². The first-order valence-electron chi connectivity index (χ1n) is 7.13. The van der Waals surface area contributed by atoms with Crippen LogP contribution in [0.1, 0.15) is 19.3 Å². The molecule has 0 aromatic carbocycles. The lowest BCUT2D eigenvalue weighted by molar-refractivity contribution is 0.0447. The van der Waals surface area contributed by atoms with Crippen LogP contribution in [-0.2, 0) is 4.74 Å². The number of ether oxygens (including phenoxy) is 1. The van der Waals surface area contributed by atoms with Crippen LogP contribution in [0.25, 0.3) is 0 Å². The van der Waals surface area contributed by atoms with E-state index >= 15 is 0 Å². The van der Waals surface area contributed by atoms with E-state index < -0.39 is 0 Å². The zero-order chi connectivity index (χ0) is 12.5. The van der Waals surface area contributed by atoms with Crippen LogP contribution in [0.15, 0.2) is 0 Å². The Bertz CT molecular complexity index is 323. The second-order valence-corrected chi connectivity index (χ2v) is 5.81. The van der Waals surface area contributed by atoms with E-state index in [0.29, 0.717) is 31.1 Å². The monoisotopic (exact) mass is 289 g/mol. The van der Waals surface area contributed by atoms with Crippen molar-refractivity contribution in [3.8, 4) is 0 Å². The molecule has 2 N–H and O–H groups in total.